The van der Waals surface area contributed by atoms with Crippen molar-refractivity contribution in [3.05, 3.63) is 12.4 Å². The zero-order valence-corrected chi connectivity index (χ0v) is 10.7. The van der Waals surface area contributed by atoms with E-state index in [-0.39, 0.29) is 0 Å². The topological polar surface area (TPSA) is 13.0 Å². The van der Waals surface area contributed by atoms with Crippen LogP contribution in [0.1, 0.15) is 0 Å². The van der Waals surface area contributed by atoms with E-state index in [1.807, 2.05) is 0 Å². The quantitative estimate of drug-likeness (QED) is 0.652. The molecule has 0 unspecified atom stereocenters. The number of nitrogens with zero attached hydrogens (tertiary/aromatic N) is 4. The molecule has 0 amide bonds. The van der Waals surface area contributed by atoms with E-state index in [1.165, 1.54) is 5.82 Å². The van der Waals surface area contributed by atoms with Gasteiger partial charge in [-0.15, -0.1) is 0 Å². The number of piperazine rings is 2. The van der Waals surface area contributed by atoms with Crippen LogP contribution >= 0.6 is 0 Å². The Morgan fingerprint density at radius 3 is 1.31 bits per heavy atom. The van der Waals surface area contributed by atoms with Gasteiger partial charge in [-0.1, -0.05) is 6.58 Å². The zero-order chi connectivity index (χ0) is 11.5. The average molecular weight is 224 g/mol. The van der Waals surface area contributed by atoms with Gasteiger partial charge in [0.05, 0.1) is 5.82 Å². The van der Waals surface area contributed by atoms with Gasteiger partial charge in [0.1, 0.15) is 0 Å². The van der Waals surface area contributed by atoms with Crippen LogP contribution in [0.5, 0.6) is 0 Å². The molecule has 0 aromatic rings. The standard InChI is InChI=1S/C12H24N4/c1-12(15-8-4-13(2)5-9-15)16-10-6-14(3)7-11-16/h1,4-11H2,2-3H3. The molecule has 0 N–H and O–H groups in total. The summed E-state index contributed by atoms with van der Waals surface area (Å²) in [7, 11) is 4.38. The maximum Gasteiger partial charge on any atom is 0.0966 e. The summed E-state index contributed by atoms with van der Waals surface area (Å²) < 4.78 is 0. The van der Waals surface area contributed by atoms with Crippen molar-refractivity contribution in [1.29, 1.82) is 0 Å². The first-order valence-electron chi connectivity index (χ1n) is 6.23. The van der Waals surface area contributed by atoms with E-state index in [0.29, 0.717) is 0 Å². The Bertz CT molecular complexity index is 213. The highest BCUT2D eigenvalue weighted by atomic mass is 15.4. The first-order chi connectivity index (χ1) is 7.66. The summed E-state index contributed by atoms with van der Waals surface area (Å²) >= 11 is 0. The predicted octanol–water partition coefficient (Wildman–Crippen LogP) is -0.0476. The molecule has 2 rings (SSSR count). The predicted molar refractivity (Wildman–Crippen MR) is 67.3 cm³/mol. The second-order valence-electron chi connectivity index (χ2n) is 5.00. The van der Waals surface area contributed by atoms with E-state index >= 15 is 0 Å². The molecule has 2 aliphatic heterocycles. The average Bonchev–Trinajstić information content (AvgIpc) is 2.30. The highest BCUT2D eigenvalue weighted by Crippen LogP contribution is 2.13. The van der Waals surface area contributed by atoms with Crippen molar-refractivity contribution < 1.29 is 0 Å². The first-order valence-corrected chi connectivity index (χ1v) is 6.23. The van der Waals surface area contributed by atoms with Gasteiger partial charge in [0.25, 0.3) is 0 Å². The van der Waals surface area contributed by atoms with Gasteiger partial charge < -0.3 is 19.6 Å². The smallest absolute Gasteiger partial charge is 0.0966 e. The molecular weight excluding hydrogens is 200 g/mol. The molecule has 0 aromatic heterocycles. The highest BCUT2D eigenvalue weighted by molar-refractivity contribution is 4.97. The van der Waals surface area contributed by atoms with Gasteiger partial charge in [-0.2, -0.15) is 0 Å². The summed E-state index contributed by atoms with van der Waals surface area (Å²) in [6.45, 7) is 13.4. The summed E-state index contributed by atoms with van der Waals surface area (Å²) in [5.74, 6) is 1.24. The molecule has 2 saturated heterocycles. The Balaban J connectivity index is 1.83. The molecule has 0 aliphatic carbocycles. The van der Waals surface area contributed by atoms with E-state index in [4.69, 9.17) is 0 Å². The van der Waals surface area contributed by atoms with E-state index in [0.717, 1.165) is 52.4 Å². The van der Waals surface area contributed by atoms with E-state index < -0.39 is 0 Å². The van der Waals surface area contributed by atoms with Crippen molar-refractivity contribution >= 4 is 0 Å². The Morgan fingerprint density at radius 2 is 1.00 bits per heavy atom. The van der Waals surface area contributed by atoms with Crippen molar-refractivity contribution in [1.82, 2.24) is 19.6 Å². The van der Waals surface area contributed by atoms with Crippen LogP contribution in [-0.2, 0) is 0 Å². The molecular formula is C12H24N4. The van der Waals surface area contributed by atoms with Crippen LogP contribution in [0.4, 0.5) is 0 Å². The molecule has 0 bridgehead atoms. The van der Waals surface area contributed by atoms with Crippen LogP contribution in [0.3, 0.4) is 0 Å². The Morgan fingerprint density at radius 1 is 0.688 bits per heavy atom. The van der Waals surface area contributed by atoms with Crippen LogP contribution in [-0.4, -0.2) is 86.1 Å². The van der Waals surface area contributed by atoms with Crippen LogP contribution in [0, 0.1) is 0 Å². The summed E-state index contributed by atoms with van der Waals surface area (Å²) in [6.07, 6.45) is 0. The maximum atomic E-state index is 4.27. The molecule has 4 nitrogen and oxygen atoms in total. The van der Waals surface area contributed by atoms with Crippen molar-refractivity contribution in [2.75, 3.05) is 66.5 Å². The van der Waals surface area contributed by atoms with Gasteiger partial charge in [0.15, 0.2) is 0 Å². The summed E-state index contributed by atoms with van der Waals surface area (Å²) in [6, 6.07) is 0. The molecule has 4 heteroatoms. The van der Waals surface area contributed by atoms with Crippen molar-refractivity contribution in [2.24, 2.45) is 0 Å². The largest absolute Gasteiger partial charge is 0.356 e. The van der Waals surface area contributed by atoms with Gasteiger partial charge >= 0.3 is 0 Å². The molecule has 0 spiro atoms. The monoisotopic (exact) mass is 224 g/mol. The lowest BCUT2D eigenvalue weighted by molar-refractivity contribution is 0.109. The number of hydrogen-bond acceptors (Lipinski definition) is 4. The molecule has 0 saturated carbocycles. The molecule has 0 atom stereocenters. The number of rotatable bonds is 2. The summed E-state index contributed by atoms with van der Waals surface area (Å²) in [4.78, 5) is 9.64. The van der Waals surface area contributed by atoms with E-state index in [9.17, 15) is 0 Å². The van der Waals surface area contributed by atoms with Gasteiger partial charge in [-0.25, -0.2) is 0 Å². The molecule has 0 radical (unpaired) electrons. The lowest BCUT2D eigenvalue weighted by Gasteiger charge is -2.42. The van der Waals surface area contributed by atoms with Crippen molar-refractivity contribution in [3.8, 4) is 0 Å². The SMILES string of the molecule is C=C(N1CCN(C)CC1)N1CCN(C)CC1. The Kier molecular flexibility index (Phi) is 3.71. The van der Waals surface area contributed by atoms with Crippen molar-refractivity contribution in [2.45, 2.75) is 0 Å². The molecule has 2 aliphatic rings. The van der Waals surface area contributed by atoms with E-state index in [1.54, 1.807) is 0 Å². The first kappa shape index (κ1) is 11.7. The molecule has 0 aromatic carbocycles. The fourth-order valence-electron chi connectivity index (χ4n) is 2.33. The Hall–Kier alpha value is -0.740. The lowest BCUT2D eigenvalue weighted by Crippen LogP contribution is -2.51. The minimum Gasteiger partial charge on any atom is -0.356 e. The Labute approximate surface area is 99.1 Å². The van der Waals surface area contributed by atoms with Gasteiger partial charge in [0.2, 0.25) is 0 Å². The normalized spacial score (nSPS) is 24.9. The minimum absolute atomic E-state index is 1.13. The van der Waals surface area contributed by atoms with Crippen LogP contribution in [0.15, 0.2) is 12.4 Å². The number of likely N-dealkylation sites (N-methyl/N-ethyl adjacent to an activating group) is 2. The third-order valence-corrected chi connectivity index (χ3v) is 3.74. The van der Waals surface area contributed by atoms with E-state index in [2.05, 4.69) is 40.3 Å². The molecule has 2 fully saturated rings. The summed E-state index contributed by atoms with van der Waals surface area (Å²) in [5, 5.41) is 0. The van der Waals surface area contributed by atoms with Crippen molar-refractivity contribution in [3.63, 3.8) is 0 Å². The lowest BCUT2D eigenvalue weighted by atomic mass is 10.3. The second kappa shape index (κ2) is 5.06. The minimum atomic E-state index is 1.13. The third kappa shape index (κ3) is 2.68. The highest BCUT2D eigenvalue weighted by Gasteiger charge is 2.21. The van der Waals surface area contributed by atoms with Gasteiger partial charge in [0, 0.05) is 52.4 Å². The number of hydrogen-bond donors (Lipinski definition) is 0. The zero-order valence-electron chi connectivity index (χ0n) is 10.7. The third-order valence-electron chi connectivity index (χ3n) is 3.74. The maximum absolute atomic E-state index is 4.27. The van der Waals surface area contributed by atoms with Crippen LogP contribution < -0.4 is 0 Å². The fraction of sp³-hybridized carbons (Fsp3) is 0.833. The molecule has 2 heterocycles. The summed E-state index contributed by atoms with van der Waals surface area (Å²) in [5.41, 5.74) is 0. The van der Waals surface area contributed by atoms with Crippen LogP contribution in [0.2, 0.25) is 0 Å². The van der Waals surface area contributed by atoms with Gasteiger partial charge in [-0.3, -0.25) is 0 Å². The van der Waals surface area contributed by atoms with Crippen LogP contribution in [0.25, 0.3) is 0 Å². The second-order valence-corrected chi connectivity index (χ2v) is 5.00. The molecule has 16 heavy (non-hydrogen) atoms. The van der Waals surface area contributed by atoms with Gasteiger partial charge in [-0.05, 0) is 14.1 Å². The fourth-order valence-corrected chi connectivity index (χ4v) is 2.33. The molecule has 92 valence electrons.